The van der Waals surface area contributed by atoms with Gasteiger partial charge in [-0.2, -0.15) is 0 Å². The Kier molecular flexibility index (Phi) is 2.78. The number of non-ortho nitro benzene ring substituents is 1. The smallest absolute Gasteiger partial charge is 0.258 e. The van der Waals surface area contributed by atoms with E-state index < -0.39 is 17.3 Å². The van der Waals surface area contributed by atoms with E-state index >= 15 is 0 Å². The lowest BCUT2D eigenvalue weighted by Gasteiger charge is -2.09. The molecule has 0 aliphatic carbocycles. The average molecular weight is 201 g/mol. The average Bonchev–Trinajstić information content (AvgIpc) is 2.02. The second-order valence-electron chi connectivity index (χ2n) is 3.17. The minimum absolute atomic E-state index is 0.0897. The van der Waals surface area contributed by atoms with Crippen LogP contribution in [0.2, 0.25) is 0 Å². The molecule has 0 heterocycles. The maximum absolute atomic E-state index is 12.5. The van der Waals surface area contributed by atoms with Crippen molar-refractivity contribution in [3.8, 4) is 0 Å². The number of hydrogen-bond acceptors (Lipinski definition) is 2. The van der Waals surface area contributed by atoms with Gasteiger partial charge in [0, 0.05) is 18.6 Å². The molecule has 0 N–H and O–H groups in total. The Hall–Kier alpha value is -1.52. The number of rotatable bonds is 3. The predicted molar refractivity (Wildman–Crippen MR) is 47.4 cm³/mol. The minimum Gasteiger partial charge on any atom is -0.258 e. The van der Waals surface area contributed by atoms with Crippen molar-refractivity contribution in [3.05, 3.63) is 39.9 Å². The summed E-state index contributed by atoms with van der Waals surface area (Å²) in [5, 5.41) is 10.3. The fourth-order valence-corrected chi connectivity index (χ4v) is 1.09. The van der Waals surface area contributed by atoms with Crippen LogP contribution in [0.15, 0.2) is 24.3 Å². The number of nitrogens with zero attached hydrogens (tertiary/aromatic N) is 1. The van der Waals surface area contributed by atoms with Gasteiger partial charge >= 0.3 is 0 Å². The highest BCUT2D eigenvalue weighted by Gasteiger charge is 2.21. The van der Waals surface area contributed by atoms with Crippen LogP contribution in [0.3, 0.4) is 0 Å². The summed E-state index contributed by atoms with van der Waals surface area (Å²) in [5.74, 6) is -2.78. The van der Waals surface area contributed by atoms with E-state index in [0.29, 0.717) is 5.56 Å². The molecule has 0 atom stereocenters. The van der Waals surface area contributed by atoms with Gasteiger partial charge in [-0.3, -0.25) is 10.1 Å². The first kappa shape index (κ1) is 10.6. The van der Waals surface area contributed by atoms with Crippen LogP contribution in [0, 0.1) is 10.1 Å². The summed E-state index contributed by atoms with van der Waals surface area (Å²) >= 11 is 0. The van der Waals surface area contributed by atoms with E-state index in [1.165, 1.54) is 24.3 Å². The number of halogens is 2. The monoisotopic (exact) mass is 201 g/mol. The van der Waals surface area contributed by atoms with Gasteiger partial charge in [0.05, 0.1) is 4.92 Å². The van der Waals surface area contributed by atoms with E-state index in [2.05, 4.69) is 0 Å². The van der Waals surface area contributed by atoms with Crippen molar-refractivity contribution in [2.75, 3.05) is 0 Å². The van der Waals surface area contributed by atoms with Crippen LogP contribution in [-0.4, -0.2) is 10.8 Å². The third-order valence-corrected chi connectivity index (χ3v) is 1.66. The number of alkyl halides is 2. The van der Waals surface area contributed by atoms with Gasteiger partial charge < -0.3 is 0 Å². The molecule has 0 amide bonds. The molecule has 1 aromatic rings. The Morgan fingerprint density at radius 1 is 1.36 bits per heavy atom. The zero-order valence-electron chi connectivity index (χ0n) is 7.54. The zero-order valence-corrected chi connectivity index (χ0v) is 7.54. The molecule has 76 valence electrons. The summed E-state index contributed by atoms with van der Waals surface area (Å²) in [4.78, 5) is 9.69. The van der Waals surface area contributed by atoms with Crippen molar-refractivity contribution < 1.29 is 13.7 Å². The maximum atomic E-state index is 12.5. The van der Waals surface area contributed by atoms with Gasteiger partial charge in [-0.15, -0.1) is 0 Å². The highest BCUT2D eigenvalue weighted by Crippen LogP contribution is 2.20. The van der Waals surface area contributed by atoms with Crippen molar-refractivity contribution in [2.45, 2.75) is 19.3 Å². The normalized spacial score (nSPS) is 11.4. The fourth-order valence-electron chi connectivity index (χ4n) is 1.09. The third kappa shape index (κ3) is 3.08. The number of nitro groups is 1. The van der Waals surface area contributed by atoms with E-state index in [4.69, 9.17) is 0 Å². The summed E-state index contributed by atoms with van der Waals surface area (Å²) in [6, 6.07) is 5.13. The molecule has 0 fully saturated rings. The van der Waals surface area contributed by atoms with E-state index in [1.807, 2.05) is 0 Å². The van der Waals surface area contributed by atoms with Crippen LogP contribution in [0.1, 0.15) is 12.5 Å². The molecule has 0 unspecified atom stereocenters. The summed E-state index contributed by atoms with van der Waals surface area (Å²) in [6.07, 6.45) is -0.398. The number of benzene rings is 1. The van der Waals surface area contributed by atoms with Crippen LogP contribution < -0.4 is 0 Å². The number of nitro benzene ring substituents is 1. The van der Waals surface area contributed by atoms with Crippen LogP contribution in [0.5, 0.6) is 0 Å². The molecule has 5 heteroatoms. The summed E-state index contributed by atoms with van der Waals surface area (Å²) in [6.45, 7) is 0.814. The molecule has 0 saturated carbocycles. The second-order valence-corrected chi connectivity index (χ2v) is 3.17. The molecule has 0 spiro atoms. The molecule has 0 radical (unpaired) electrons. The molecular formula is C9H9F2NO2. The summed E-state index contributed by atoms with van der Waals surface area (Å²) < 4.78 is 25.1. The van der Waals surface area contributed by atoms with Crippen LogP contribution in [0.25, 0.3) is 0 Å². The lowest BCUT2D eigenvalue weighted by molar-refractivity contribution is -0.384. The highest BCUT2D eigenvalue weighted by atomic mass is 19.3. The Morgan fingerprint density at radius 2 is 1.86 bits per heavy atom. The quantitative estimate of drug-likeness (QED) is 0.557. The molecule has 0 aliphatic heterocycles. The van der Waals surface area contributed by atoms with Gasteiger partial charge in [0.2, 0.25) is 5.92 Å². The van der Waals surface area contributed by atoms with Crippen molar-refractivity contribution in [3.63, 3.8) is 0 Å². The van der Waals surface area contributed by atoms with Gasteiger partial charge in [-0.1, -0.05) is 12.1 Å². The molecule has 0 saturated heterocycles. The lowest BCUT2D eigenvalue weighted by Crippen LogP contribution is -2.13. The topological polar surface area (TPSA) is 43.1 Å². The second kappa shape index (κ2) is 3.69. The Balaban J connectivity index is 2.79. The molecule has 0 bridgehead atoms. The first-order valence-corrected chi connectivity index (χ1v) is 4.00. The maximum Gasteiger partial charge on any atom is 0.269 e. The van der Waals surface area contributed by atoms with E-state index in [-0.39, 0.29) is 5.69 Å². The van der Waals surface area contributed by atoms with Crippen molar-refractivity contribution in [2.24, 2.45) is 0 Å². The Labute approximate surface area is 79.5 Å². The third-order valence-electron chi connectivity index (χ3n) is 1.66. The van der Waals surface area contributed by atoms with Gasteiger partial charge in [0.25, 0.3) is 5.69 Å². The van der Waals surface area contributed by atoms with Crippen LogP contribution >= 0.6 is 0 Å². The zero-order chi connectivity index (χ0) is 10.8. The molecule has 1 aromatic carbocycles. The van der Waals surface area contributed by atoms with Crippen molar-refractivity contribution in [1.82, 2.24) is 0 Å². The molecule has 14 heavy (non-hydrogen) atoms. The van der Waals surface area contributed by atoms with E-state index in [0.717, 1.165) is 6.92 Å². The number of hydrogen-bond donors (Lipinski definition) is 0. The fraction of sp³-hybridized carbons (Fsp3) is 0.333. The molecule has 3 nitrogen and oxygen atoms in total. The SMILES string of the molecule is CC(F)(F)Cc1ccc([N+](=O)[O-])cc1. The minimum atomic E-state index is -2.78. The largest absolute Gasteiger partial charge is 0.269 e. The Morgan fingerprint density at radius 3 is 2.21 bits per heavy atom. The molecule has 0 aromatic heterocycles. The first-order valence-electron chi connectivity index (χ1n) is 4.00. The predicted octanol–water partition coefficient (Wildman–Crippen LogP) is 2.79. The first-order chi connectivity index (χ1) is 6.38. The lowest BCUT2D eigenvalue weighted by atomic mass is 10.1. The highest BCUT2D eigenvalue weighted by molar-refractivity contribution is 5.33. The van der Waals surface area contributed by atoms with Crippen LogP contribution in [-0.2, 0) is 6.42 Å². The van der Waals surface area contributed by atoms with Gasteiger partial charge in [0.1, 0.15) is 0 Å². The van der Waals surface area contributed by atoms with Gasteiger partial charge in [-0.05, 0) is 12.5 Å². The van der Waals surface area contributed by atoms with Crippen molar-refractivity contribution in [1.29, 1.82) is 0 Å². The van der Waals surface area contributed by atoms with Gasteiger partial charge in [0.15, 0.2) is 0 Å². The summed E-state index contributed by atoms with van der Waals surface area (Å²) in [7, 11) is 0. The van der Waals surface area contributed by atoms with E-state index in [9.17, 15) is 18.9 Å². The van der Waals surface area contributed by atoms with Crippen LogP contribution in [0.4, 0.5) is 14.5 Å². The molecular weight excluding hydrogens is 192 g/mol. The van der Waals surface area contributed by atoms with Crippen molar-refractivity contribution >= 4 is 5.69 Å². The Bertz CT molecular complexity index is 330. The van der Waals surface area contributed by atoms with Gasteiger partial charge in [-0.25, -0.2) is 8.78 Å². The summed E-state index contributed by atoms with van der Waals surface area (Å²) in [5.41, 5.74) is 0.302. The van der Waals surface area contributed by atoms with E-state index in [1.54, 1.807) is 0 Å². The standard InChI is InChI=1S/C9H9F2NO2/c1-9(10,11)6-7-2-4-8(5-3-7)12(13)14/h2-5H,6H2,1H3. The molecule has 0 aliphatic rings. The molecule has 1 rings (SSSR count).